The Labute approximate surface area is 48.6 Å². The largest absolute Gasteiger partial charge is 0.368 e. The molecule has 0 aromatic carbocycles. The third-order valence-corrected chi connectivity index (χ3v) is 0.215. The van der Waals surface area contributed by atoms with Gasteiger partial charge in [-0.3, -0.25) is 0 Å². The number of hydrogen-bond donors (Lipinski definition) is 2. The molecule has 0 saturated carbocycles. The van der Waals surface area contributed by atoms with E-state index < -0.39 is 6.79 Å². The van der Waals surface area contributed by atoms with Crippen molar-refractivity contribution in [3.05, 3.63) is 0 Å². The lowest BCUT2D eigenvalue weighted by atomic mass is 11.5. The van der Waals surface area contributed by atoms with Gasteiger partial charge in [0.2, 0.25) is 0 Å². The van der Waals surface area contributed by atoms with Crippen LogP contribution in [-0.4, -0.2) is 17.2 Å². The van der Waals surface area contributed by atoms with Gasteiger partial charge in [-0.15, -0.1) is 0 Å². The number of rotatable bonds is 6. The van der Waals surface area contributed by atoms with Crippen molar-refractivity contribution in [3.8, 4) is 0 Å². The van der Waals surface area contributed by atoms with Gasteiger partial charge < -0.3 is 5.11 Å². The summed E-state index contributed by atoms with van der Waals surface area (Å²) in [6.07, 6.45) is 0. The molecule has 0 saturated heterocycles. The van der Waals surface area contributed by atoms with Crippen LogP contribution in [0.25, 0.3) is 0 Å². The Kier molecular flexibility index (Phi) is 7.41. The minimum atomic E-state index is -0.719. The van der Waals surface area contributed by atoms with E-state index in [1.54, 1.807) is 0 Å². The number of hydrogen-bond acceptors (Lipinski definition) is 8. The van der Waals surface area contributed by atoms with Crippen molar-refractivity contribution < 1.29 is 40.4 Å². The van der Waals surface area contributed by atoms with E-state index >= 15 is 0 Å². The maximum Gasteiger partial charge on any atom is 0.181 e. The van der Waals surface area contributed by atoms with Gasteiger partial charge in [-0.2, -0.15) is 4.89 Å². The number of aliphatic hydroxyl groups excluding tert-OH is 1. The van der Waals surface area contributed by atoms with Gasteiger partial charge in [0.05, 0.1) is 0 Å². The summed E-state index contributed by atoms with van der Waals surface area (Å²) in [6.45, 7) is -0.719. The van der Waals surface area contributed by atoms with Crippen molar-refractivity contribution in [2.45, 2.75) is 0 Å². The van der Waals surface area contributed by atoms with E-state index in [9.17, 15) is 0 Å². The second kappa shape index (κ2) is 7.68. The molecule has 0 aromatic rings. The zero-order valence-electron chi connectivity index (χ0n) is 4.05. The molecule has 0 aliphatic heterocycles. The zero-order chi connectivity index (χ0) is 6.95. The van der Waals surface area contributed by atoms with E-state index in [-0.39, 0.29) is 0 Å². The summed E-state index contributed by atoms with van der Waals surface area (Å²) in [4.78, 5) is 3.67. The van der Waals surface area contributed by atoms with Crippen LogP contribution in [0.1, 0.15) is 0 Å². The molecule has 8 nitrogen and oxygen atoms in total. The van der Waals surface area contributed by atoms with Crippen molar-refractivity contribution in [2.75, 3.05) is 6.79 Å². The molecule has 0 radical (unpaired) electrons. The third kappa shape index (κ3) is 7.68. The average molecular weight is 144 g/mol. The topological polar surface area (TPSA) is 95.8 Å². The molecule has 0 aliphatic carbocycles. The predicted octanol–water partition coefficient (Wildman–Crippen LogP) is -0.916. The summed E-state index contributed by atoms with van der Waals surface area (Å²) in [5.74, 6) is 0. The Morgan fingerprint density at radius 1 is 1.00 bits per heavy atom. The molecule has 8 heteroatoms. The van der Waals surface area contributed by atoms with Crippen LogP contribution in [0.3, 0.4) is 0 Å². The maximum absolute atomic E-state index is 7.82. The van der Waals surface area contributed by atoms with Crippen LogP contribution < -0.4 is 0 Å². The van der Waals surface area contributed by atoms with Crippen molar-refractivity contribution in [2.24, 2.45) is 0 Å². The van der Waals surface area contributed by atoms with Gasteiger partial charge in [-0.1, -0.05) is 0 Å². The molecule has 9 heavy (non-hydrogen) atoms. The Hall–Kier alpha value is -0.320. The molecular formula is CH4O8. The first kappa shape index (κ1) is 8.68. The van der Waals surface area contributed by atoms with Crippen LogP contribution in [0.15, 0.2) is 0 Å². The van der Waals surface area contributed by atoms with Crippen LogP contribution in [0.2, 0.25) is 0 Å². The highest BCUT2D eigenvalue weighted by molar-refractivity contribution is 3.61. The first-order valence-electron chi connectivity index (χ1n) is 1.62. The Morgan fingerprint density at radius 3 is 2.22 bits per heavy atom. The lowest BCUT2D eigenvalue weighted by molar-refractivity contribution is -0.789. The van der Waals surface area contributed by atoms with E-state index in [2.05, 4.69) is 30.1 Å². The highest BCUT2D eigenvalue weighted by Gasteiger charge is 1.88. The molecule has 0 rings (SSSR count). The average Bonchev–Trinajstić information content (AvgIpc) is 1.89. The second-order valence-corrected chi connectivity index (χ2v) is 0.594. The molecular weight excluding hydrogens is 140 g/mol. The van der Waals surface area contributed by atoms with E-state index in [0.717, 1.165) is 0 Å². The highest BCUT2D eigenvalue weighted by Crippen LogP contribution is 1.82. The molecule has 0 bridgehead atoms. The Bertz CT molecular complexity index is 37.8. The van der Waals surface area contributed by atoms with Crippen molar-refractivity contribution >= 4 is 0 Å². The van der Waals surface area contributed by atoms with Gasteiger partial charge >= 0.3 is 0 Å². The van der Waals surface area contributed by atoms with Crippen LogP contribution >= 0.6 is 0 Å². The van der Waals surface area contributed by atoms with E-state index in [1.165, 1.54) is 0 Å². The van der Waals surface area contributed by atoms with E-state index in [0.29, 0.717) is 0 Å². The minimum Gasteiger partial charge on any atom is -0.368 e. The van der Waals surface area contributed by atoms with Gasteiger partial charge in [0.1, 0.15) is 0 Å². The number of aliphatic hydroxyl groups is 1. The Balaban J connectivity index is 2.60. The lowest BCUT2D eigenvalue weighted by Crippen LogP contribution is -1.99. The van der Waals surface area contributed by atoms with Crippen LogP contribution in [-0.2, 0) is 30.1 Å². The zero-order valence-corrected chi connectivity index (χ0v) is 4.05. The van der Waals surface area contributed by atoms with Gasteiger partial charge in [0.25, 0.3) is 0 Å². The predicted molar refractivity (Wildman–Crippen MR) is 16.2 cm³/mol. The lowest BCUT2D eigenvalue weighted by Gasteiger charge is -1.94. The van der Waals surface area contributed by atoms with Gasteiger partial charge in [0, 0.05) is 0 Å². The fourth-order valence-corrected chi connectivity index (χ4v) is 0.0763. The molecule has 0 unspecified atom stereocenters. The van der Waals surface area contributed by atoms with Crippen LogP contribution in [0.4, 0.5) is 0 Å². The fraction of sp³-hybridized carbons (Fsp3) is 1.00. The van der Waals surface area contributed by atoms with Gasteiger partial charge in [0.15, 0.2) is 6.79 Å². The van der Waals surface area contributed by atoms with Crippen LogP contribution in [0, 0.1) is 0 Å². The monoisotopic (exact) mass is 144 g/mol. The summed E-state index contributed by atoms with van der Waals surface area (Å²) in [5.41, 5.74) is 0. The van der Waals surface area contributed by atoms with Crippen molar-refractivity contribution in [1.82, 2.24) is 0 Å². The van der Waals surface area contributed by atoms with Crippen molar-refractivity contribution in [1.29, 1.82) is 0 Å². The molecule has 0 fully saturated rings. The molecule has 56 valence electrons. The SMILES string of the molecule is OCOOOOOOO. The quantitative estimate of drug-likeness (QED) is 0.214. The second-order valence-electron chi connectivity index (χ2n) is 0.594. The third-order valence-electron chi connectivity index (χ3n) is 0.215. The minimum absolute atomic E-state index is 0.719. The standard InChI is InChI=1S/CH4O8/c2-1-4-6-8-9-7-5-3/h2-3H,1H2. The Morgan fingerprint density at radius 2 is 1.67 bits per heavy atom. The molecule has 0 aromatic heterocycles. The van der Waals surface area contributed by atoms with Crippen molar-refractivity contribution in [3.63, 3.8) is 0 Å². The molecule has 0 aliphatic rings. The molecule has 0 atom stereocenters. The summed E-state index contributed by atoms with van der Waals surface area (Å²) in [6, 6.07) is 0. The van der Waals surface area contributed by atoms with Crippen LogP contribution in [0.5, 0.6) is 0 Å². The van der Waals surface area contributed by atoms with E-state index in [4.69, 9.17) is 10.4 Å². The molecule has 0 heterocycles. The summed E-state index contributed by atoms with van der Waals surface area (Å²) in [7, 11) is 0. The summed E-state index contributed by atoms with van der Waals surface area (Å²) < 4.78 is 0. The first-order chi connectivity index (χ1) is 4.41. The molecule has 2 N–H and O–H groups in total. The maximum atomic E-state index is 7.82. The van der Waals surface area contributed by atoms with Gasteiger partial charge in [-0.05, 0) is 25.2 Å². The smallest absolute Gasteiger partial charge is 0.181 e. The normalized spacial score (nSPS) is 10.0. The van der Waals surface area contributed by atoms with Gasteiger partial charge in [-0.25, -0.2) is 5.26 Å². The molecule has 0 amide bonds. The molecule has 0 spiro atoms. The highest BCUT2D eigenvalue weighted by atomic mass is 17.9. The summed E-state index contributed by atoms with van der Waals surface area (Å²) in [5, 5.41) is 31.5. The fourth-order valence-electron chi connectivity index (χ4n) is 0.0763. The summed E-state index contributed by atoms with van der Waals surface area (Å²) >= 11 is 0. The first-order valence-corrected chi connectivity index (χ1v) is 1.62. The van der Waals surface area contributed by atoms with E-state index in [1.807, 2.05) is 0 Å².